The molecule has 0 unspecified atom stereocenters. The minimum absolute atomic E-state index is 0.0332. The summed E-state index contributed by atoms with van der Waals surface area (Å²) in [5.41, 5.74) is 1.19. The van der Waals surface area contributed by atoms with Gasteiger partial charge < -0.3 is 10.0 Å². The van der Waals surface area contributed by atoms with E-state index in [0.29, 0.717) is 13.1 Å². The second-order valence-corrected chi connectivity index (χ2v) is 7.78. The van der Waals surface area contributed by atoms with Gasteiger partial charge >= 0.3 is 5.97 Å². The predicted molar refractivity (Wildman–Crippen MR) is 104 cm³/mol. The van der Waals surface area contributed by atoms with Crippen LogP contribution in [0.5, 0.6) is 0 Å². The number of piperazine rings is 1. The minimum atomic E-state index is -0.824. The van der Waals surface area contributed by atoms with Gasteiger partial charge in [0.2, 0.25) is 5.91 Å². The number of hydrogen-bond acceptors (Lipinski definition) is 3. The summed E-state index contributed by atoms with van der Waals surface area (Å²) < 4.78 is 0. The van der Waals surface area contributed by atoms with Gasteiger partial charge in [0, 0.05) is 32.7 Å². The molecule has 0 aromatic heterocycles. The smallest absolute Gasteiger partial charge is 0.307 e. The Labute approximate surface area is 160 Å². The summed E-state index contributed by atoms with van der Waals surface area (Å²) >= 11 is 0. The normalized spacial score (nSPS) is 30.3. The lowest BCUT2D eigenvalue weighted by Crippen LogP contribution is -2.52. The molecule has 0 spiro atoms. The van der Waals surface area contributed by atoms with Gasteiger partial charge in [-0.25, -0.2) is 0 Å². The fraction of sp³-hybridized carbons (Fsp3) is 0.455. The van der Waals surface area contributed by atoms with Gasteiger partial charge in [-0.05, 0) is 23.8 Å². The van der Waals surface area contributed by atoms with E-state index in [0.717, 1.165) is 26.1 Å². The van der Waals surface area contributed by atoms with Crippen molar-refractivity contribution in [2.75, 3.05) is 32.7 Å². The summed E-state index contributed by atoms with van der Waals surface area (Å²) in [6, 6.07) is 10.2. The molecule has 1 heterocycles. The highest BCUT2D eigenvalue weighted by atomic mass is 16.4. The zero-order valence-corrected chi connectivity index (χ0v) is 15.4. The van der Waals surface area contributed by atoms with E-state index >= 15 is 0 Å². The third-order valence-electron chi connectivity index (χ3n) is 6.19. The van der Waals surface area contributed by atoms with Gasteiger partial charge in [-0.1, -0.05) is 54.6 Å². The molecule has 1 saturated carbocycles. The van der Waals surface area contributed by atoms with Crippen molar-refractivity contribution in [3.05, 3.63) is 54.1 Å². The fourth-order valence-corrected chi connectivity index (χ4v) is 4.76. The number of amides is 1. The van der Waals surface area contributed by atoms with Crippen LogP contribution in [0.3, 0.4) is 0 Å². The van der Waals surface area contributed by atoms with Crippen molar-refractivity contribution in [1.82, 2.24) is 9.80 Å². The van der Waals surface area contributed by atoms with Gasteiger partial charge in [0.05, 0.1) is 11.8 Å². The first-order valence-electron chi connectivity index (χ1n) is 9.77. The maximum absolute atomic E-state index is 13.0. The molecule has 2 fully saturated rings. The molecule has 5 nitrogen and oxygen atoms in total. The fourth-order valence-electron chi connectivity index (χ4n) is 4.76. The van der Waals surface area contributed by atoms with Gasteiger partial charge in [0.15, 0.2) is 0 Å². The number of hydrogen-bond donors (Lipinski definition) is 1. The lowest BCUT2D eigenvalue weighted by atomic mass is 9.82. The number of nitrogens with zero attached hydrogens (tertiary/aromatic N) is 2. The number of benzene rings is 1. The molecular formula is C22H26N2O3. The highest BCUT2D eigenvalue weighted by Crippen LogP contribution is 2.48. The maximum atomic E-state index is 13.0. The molecule has 1 aromatic carbocycles. The number of carboxylic acids is 1. The summed E-state index contributed by atoms with van der Waals surface area (Å²) in [6.07, 6.45) is 9.14. The van der Waals surface area contributed by atoms with Crippen LogP contribution in [0.1, 0.15) is 12.0 Å². The van der Waals surface area contributed by atoms with E-state index in [4.69, 9.17) is 0 Å². The third-order valence-corrected chi connectivity index (χ3v) is 6.19. The van der Waals surface area contributed by atoms with Crippen LogP contribution in [0.25, 0.3) is 6.08 Å². The summed E-state index contributed by atoms with van der Waals surface area (Å²) in [7, 11) is 0. The van der Waals surface area contributed by atoms with Crippen LogP contribution in [0.4, 0.5) is 0 Å². The van der Waals surface area contributed by atoms with Gasteiger partial charge in [-0.2, -0.15) is 0 Å². The molecule has 0 radical (unpaired) electrons. The van der Waals surface area contributed by atoms with E-state index in [-0.39, 0.29) is 23.7 Å². The Kier molecular flexibility index (Phi) is 5.12. The average molecular weight is 366 g/mol. The quantitative estimate of drug-likeness (QED) is 0.813. The third kappa shape index (κ3) is 3.69. The monoisotopic (exact) mass is 366 g/mol. The van der Waals surface area contributed by atoms with Crippen molar-refractivity contribution in [3.63, 3.8) is 0 Å². The summed E-state index contributed by atoms with van der Waals surface area (Å²) in [5.74, 6) is -1.56. The Morgan fingerprint density at radius 2 is 1.67 bits per heavy atom. The van der Waals surface area contributed by atoms with Gasteiger partial charge in [0.25, 0.3) is 0 Å². The molecule has 1 N–H and O–H groups in total. The molecule has 4 atom stereocenters. The average Bonchev–Trinajstić information content (AvgIpc) is 3.30. The maximum Gasteiger partial charge on any atom is 0.307 e. The van der Waals surface area contributed by atoms with Crippen LogP contribution < -0.4 is 0 Å². The van der Waals surface area contributed by atoms with E-state index in [1.54, 1.807) is 0 Å². The first-order chi connectivity index (χ1) is 13.1. The minimum Gasteiger partial charge on any atom is -0.481 e. The van der Waals surface area contributed by atoms with Gasteiger partial charge in [-0.3, -0.25) is 14.5 Å². The Morgan fingerprint density at radius 1 is 1.00 bits per heavy atom. The van der Waals surface area contributed by atoms with Crippen molar-refractivity contribution >= 4 is 18.0 Å². The highest BCUT2D eigenvalue weighted by molar-refractivity contribution is 5.87. The van der Waals surface area contributed by atoms with E-state index in [2.05, 4.69) is 35.3 Å². The zero-order valence-electron chi connectivity index (χ0n) is 15.4. The summed E-state index contributed by atoms with van der Waals surface area (Å²) in [6.45, 7) is 3.90. The predicted octanol–water partition coefficient (Wildman–Crippen LogP) is 2.37. The number of allylic oxidation sites excluding steroid dienone is 2. The van der Waals surface area contributed by atoms with E-state index < -0.39 is 11.9 Å². The van der Waals surface area contributed by atoms with Crippen molar-refractivity contribution in [2.24, 2.45) is 23.7 Å². The SMILES string of the molecule is O=C(O)[C@H]1[C@@H](C(=O)N2CCN(C/C=C\c3ccccc3)CC2)[C@H]2C=C[C@H]1C2. The van der Waals surface area contributed by atoms with Crippen molar-refractivity contribution in [1.29, 1.82) is 0 Å². The molecule has 2 bridgehead atoms. The Balaban J connectivity index is 1.30. The molecule has 1 aromatic rings. The first-order valence-corrected chi connectivity index (χ1v) is 9.77. The number of carboxylic acid groups (broad SMARTS) is 1. The molecule has 2 aliphatic carbocycles. The standard InChI is InChI=1S/C22H26N2O3/c25-21(19-17-8-9-18(15-17)20(19)22(26)27)24-13-11-23(12-14-24)10-4-7-16-5-2-1-3-6-16/h1-9,17-20H,10-15H2,(H,26,27)/b7-4-/t17-,18-,19-,20+/m0/s1. The number of aliphatic carboxylic acids is 1. The molecule has 3 aliphatic rings. The summed E-state index contributed by atoms with van der Waals surface area (Å²) in [5, 5.41) is 9.57. The molecule has 142 valence electrons. The Hall–Kier alpha value is -2.40. The first kappa shape index (κ1) is 18.0. The molecule has 1 aliphatic heterocycles. The second-order valence-electron chi connectivity index (χ2n) is 7.78. The Morgan fingerprint density at radius 3 is 2.33 bits per heavy atom. The second kappa shape index (κ2) is 7.69. The molecule has 1 amide bonds. The zero-order chi connectivity index (χ0) is 18.8. The van der Waals surface area contributed by atoms with E-state index in [1.807, 2.05) is 29.2 Å². The topological polar surface area (TPSA) is 60.9 Å². The van der Waals surface area contributed by atoms with Crippen LogP contribution >= 0.6 is 0 Å². The molecule has 1 saturated heterocycles. The van der Waals surface area contributed by atoms with Gasteiger partial charge in [-0.15, -0.1) is 0 Å². The number of carbonyl (C=O) groups excluding carboxylic acids is 1. The number of carbonyl (C=O) groups is 2. The van der Waals surface area contributed by atoms with Crippen LogP contribution in [0.2, 0.25) is 0 Å². The molecule has 27 heavy (non-hydrogen) atoms. The number of rotatable bonds is 5. The van der Waals surface area contributed by atoms with Crippen molar-refractivity contribution < 1.29 is 14.7 Å². The van der Waals surface area contributed by atoms with E-state index in [9.17, 15) is 14.7 Å². The van der Waals surface area contributed by atoms with E-state index in [1.165, 1.54) is 5.56 Å². The van der Waals surface area contributed by atoms with Gasteiger partial charge in [0.1, 0.15) is 0 Å². The van der Waals surface area contributed by atoms with Crippen LogP contribution in [-0.4, -0.2) is 59.5 Å². The molecule has 4 rings (SSSR count). The van der Waals surface area contributed by atoms with Crippen LogP contribution in [0, 0.1) is 23.7 Å². The molecular weight excluding hydrogens is 340 g/mol. The molecule has 5 heteroatoms. The lowest BCUT2D eigenvalue weighted by Gasteiger charge is -2.37. The highest BCUT2D eigenvalue weighted by Gasteiger charge is 2.52. The van der Waals surface area contributed by atoms with Crippen LogP contribution in [0.15, 0.2) is 48.6 Å². The lowest BCUT2D eigenvalue weighted by molar-refractivity contribution is -0.151. The largest absolute Gasteiger partial charge is 0.481 e. The summed E-state index contributed by atoms with van der Waals surface area (Å²) in [4.78, 5) is 28.9. The Bertz CT molecular complexity index is 750. The van der Waals surface area contributed by atoms with Crippen molar-refractivity contribution in [3.8, 4) is 0 Å². The van der Waals surface area contributed by atoms with Crippen LogP contribution in [-0.2, 0) is 9.59 Å². The number of fused-ring (bicyclic) bond motifs is 2. The van der Waals surface area contributed by atoms with Crippen molar-refractivity contribution in [2.45, 2.75) is 6.42 Å².